The molecule has 3 nitrogen and oxygen atoms in total. The number of nitrogens with zero attached hydrogens (tertiary/aromatic N) is 1. The van der Waals surface area contributed by atoms with E-state index in [0.29, 0.717) is 22.3 Å². The van der Waals surface area contributed by atoms with Crippen LogP contribution in [0.3, 0.4) is 0 Å². The van der Waals surface area contributed by atoms with Gasteiger partial charge in [0, 0.05) is 23.5 Å². The average molecular weight is 351 g/mol. The van der Waals surface area contributed by atoms with Crippen LogP contribution in [0.4, 0.5) is 15.8 Å². The maximum Gasteiger partial charge on any atom is 0.258 e. The lowest BCUT2D eigenvalue weighted by Crippen LogP contribution is -2.31. The number of rotatable bonds is 4. The molecule has 21 heavy (non-hydrogen) atoms. The Morgan fingerprint density at radius 2 is 1.90 bits per heavy atom. The number of nitrogen functional groups attached to an aromatic ring is 1. The highest BCUT2D eigenvalue weighted by Gasteiger charge is 2.18. The van der Waals surface area contributed by atoms with Crippen molar-refractivity contribution in [1.82, 2.24) is 0 Å². The van der Waals surface area contributed by atoms with Crippen LogP contribution in [0.15, 0.2) is 46.9 Å². The van der Waals surface area contributed by atoms with Gasteiger partial charge in [0.05, 0.1) is 4.47 Å². The lowest BCUT2D eigenvalue weighted by atomic mass is 10.1. The van der Waals surface area contributed by atoms with Gasteiger partial charge in [-0.3, -0.25) is 4.79 Å². The minimum absolute atomic E-state index is 0.229. The van der Waals surface area contributed by atoms with Gasteiger partial charge in [0.2, 0.25) is 0 Å². The molecule has 0 saturated carbocycles. The Bertz CT molecular complexity index is 643. The van der Waals surface area contributed by atoms with Crippen LogP contribution in [0.2, 0.25) is 0 Å². The summed E-state index contributed by atoms with van der Waals surface area (Å²) >= 11 is 3.09. The molecule has 0 aliphatic carbocycles. The van der Waals surface area contributed by atoms with Crippen molar-refractivity contribution in [1.29, 1.82) is 0 Å². The first-order valence-electron chi connectivity index (χ1n) is 6.65. The molecule has 0 aromatic heterocycles. The maximum absolute atomic E-state index is 13.6. The molecule has 0 unspecified atom stereocenters. The predicted molar refractivity (Wildman–Crippen MR) is 86.9 cm³/mol. The SMILES string of the molecule is CCCN(C(=O)c1ccc(Br)c(F)c1)c1ccc(N)cc1. The van der Waals surface area contributed by atoms with Crippen LogP contribution in [-0.2, 0) is 0 Å². The molecule has 0 aliphatic heterocycles. The molecule has 5 heteroatoms. The highest BCUT2D eigenvalue weighted by Crippen LogP contribution is 2.22. The highest BCUT2D eigenvalue weighted by atomic mass is 79.9. The smallest absolute Gasteiger partial charge is 0.258 e. The number of carbonyl (C=O) groups is 1. The minimum atomic E-state index is -0.449. The van der Waals surface area contributed by atoms with Crippen molar-refractivity contribution in [2.45, 2.75) is 13.3 Å². The van der Waals surface area contributed by atoms with Crippen LogP contribution in [0.5, 0.6) is 0 Å². The number of nitrogens with two attached hydrogens (primary N) is 1. The van der Waals surface area contributed by atoms with Crippen LogP contribution in [-0.4, -0.2) is 12.5 Å². The van der Waals surface area contributed by atoms with Crippen molar-refractivity contribution >= 4 is 33.2 Å². The molecular formula is C16H16BrFN2O. The Kier molecular flexibility index (Phi) is 4.96. The molecule has 0 spiro atoms. The molecule has 110 valence electrons. The molecule has 0 atom stereocenters. The van der Waals surface area contributed by atoms with E-state index in [9.17, 15) is 9.18 Å². The zero-order chi connectivity index (χ0) is 15.4. The van der Waals surface area contributed by atoms with Crippen molar-refractivity contribution in [2.75, 3.05) is 17.2 Å². The van der Waals surface area contributed by atoms with Crippen LogP contribution < -0.4 is 10.6 Å². The fourth-order valence-corrected chi connectivity index (χ4v) is 2.26. The Balaban J connectivity index is 2.34. The molecule has 2 rings (SSSR count). The summed E-state index contributed by atoms with van der Waals surface area (Å²) in [4.78, 5) is 14.2. The van der Waals surface area contributed by atoms with E-state index in [1.165, 1.54) is 12.1 Å². The van der Waals surface area contributed by atoms with Gasteiger partial charge in [-0.25, -0.2) is 4.39 Å². The quantitative estimate of drug-likeness (QED) is 0.838. The van der Waals surface area contributed by atoms with Crippen molar-refractivity contribution in [3.05, 3.63) is 58.3 Å². The number of hydrogen-bond donors (Lipinski definition) is 1. The zero-order valence-electron chi connectivity index (χ0n) is 11.6. The van der Waals surface area contributed by atoms with Gasteiger partial charge in [-0.2, -0.15) is 0 Å². The van der Waals surface area contributed by atoms with Crippen molar-refractivity contribution in [3.63, 3.8) is 0 Å². The average Bonchev–Trinajstić information content (AvgIpc) is 2.48. The van der Waals surface area contributed by atoms with Gasteiger partial charge in [0.25, 0.3) is 5.91 Å². The monoisotopic (exact) mass is 350 g/mol. The lowest BCUT2D eigenvalue weighted by Gasteiger charge is -2.22. The van der Waals surface area contributed by atoms with Gasteiger partial charge in [-0.15, -0.1) is 0 Å². The van der Waals surface area contributed by atoms with E-state index < -0.39 is 5.82 Å². The molecular weight excluding hydrogens is 335 g/mol. The summed E-state index contributed by atoms with van der Waals surface area (Å²) in [7, 11) is 0. The van der Waals surface area contributed by atoms with E-state index in [0.717, 1.165) is 12.1 Å². The Morgan fingerprint density at radius 1 is 1.24 bits per heavy atom. The summed E-state index contributed by atoms with van der Waals surface area (Å²) < 4.78 is 14.0. The summed E-state index contributed by atoms with van der Waals surface area (Å²) in [5.41, 5.74) is 7.37. The van der Waals surface area contributed by atoms with Crippen LogP contribution in [0, 0.1) is 5.82 Å². The highest BCUT2D eigenvalue weighted by molar-refractivity contribution is 9.10. The van der Waals surface area contributed by atoms with E-state index in [1.54, 1.807) is 35.2 Å². The summed E-state index contributed by atoms with van der Waals surface area (Å²) in [6.07, 6.45) is 0.801. The first kappa shape index (κ1) is 15.5. The fraction of sp³-hybridized carbons (Fsp3) is 0.188. The second kappa shape index (κ2) is 6.72. The number of amides is 1. The molecule has 1 amide bonds. The molecule has 0 aliphatic rings. The van der Waals surface area contributed by atoms with Crippen molar-refractivity contribution < 1.29 is 9.18 Å². The number of hydrogen-bond acceptors (Lipinski definition) is 2. The van der Waals surface area contributed by atoms with Gasteiger partial charge in [-0.1, -0.05) is 6.92 Å². The van der Waals surface area contributed by atoms with Gasteiger partial charge < -0.3 is 10.6 Å². The van der Waals surface area contributed by atoms with Gasteiger partial charge in [0.15, 0.2) is 0 Å². The largest absolute Gasteiger partial charge is 0.399 e. The third kappa shape index (κ3) is 3.61. The molecule has 0 heterocycles. The van der Waals surface area contributed by atoms with Gasteiger partial charge >= 0.3 is 0 Å². The molecule has 2 aromatic rings. The van der Waals surface area contributed by atoms with Crippen LogP contribution in [0.25, 0.3) is 0 Å². The maximum atomic E-state index is 13.6. The Hall–Kier alpha value is -1.88. The van der Waals surface area contributed by atoms with Gasteiger partial charge in [-0.05, 0) is 64.8 Å². The standard InChI is InChI=1S/C16H16BrFN2O/c1-2-9-20(13-6-4-12(19)5-7-13)16(21)11-3-8-14(17)15(18)10-11/h3-8,10H,2,9,19H2,1H3. The third-order valence-electron chi connectivity index (χ3n) is 3.06. The Morgan fingerprint density at radius 3 is 2.48 bits per heavy atom. The number of carbonyl (C=O) groups excluding carboxylic acids is 1. The van der Waals surface area contributed by atoms with E-state index in [4.69, 9.17) is 5.73 Å². The summed E-state index contributed by atoms with van der Waals surface area (Å²) in [5.74, 6) is -0.678. The first-order valence-corrected chi connectivity index (χ1v) is 7.44. The summed E-state index contributed by atoms with van der Waals surface area (Å²) in [5, 5.41) is 0. The van der Waals surface area contributed by atoms with E-state index in [2.05, 4.69) is 15.9 Å². The van der Waals surface area contributed by atoms with Crippen LogP contribution in [0.1, 0.15) is 23.7 Å². The second-order valence-corrected chi connectivity index (χ2v) is 5.53. The normalized spacial score (nSPS) is 10.4. The molecule has 2 N–H and O–H groups in total. The topological polar surface area (TPSA) is 46.3 Å². The predicted octanol–water partition coefficient (Wildman–Crippen LogP) is 4.23. The van der Waals surface area contributed by atoms with Crippen molar-refractivity contribution in [2.24, 2.45) is 0 Å². The molecule has 0 bridgehead atoms. The Labute approximate surface area is 131 Å². The lowest BCUT2D eigenvalue weighted by molar-refractivity contribution is 0.0986. The summed E-state index contributed by atoms with van der Waals surface area (Å²) in [6, 6.07) is 11.5. The van der Waals surface area contributed by atoms with Crippen molar-refractivity contribution in [3.8, 4) is 0 Å². The minimum Gasteiger partial charge on any atom is -0.399 e. The zero-order valence-corrected chi connectivity index (χ0v) is 13.2. The second-order valence-electron chi connectivity index (χ2n) is 4.68. The first-order chi connectivity index (χ1) is 10.0. The third-order valence-corrected chi connectivity index (χ3v) is 3.71. The van der Waals surface area contributed by atoms with Crippen LogP contribution >= 0.6 is 15.9 Å². The molecule has 2 aromatic carbocycles. The number of anilines is 2. The number of halogens is 2. The van der Waals surface area contributed by atoms with E-state index in [-0.39, 0.29) is 5.91 Å². The van der Waals surface area contributed by atoms with E-state index in [1.807, 2.05) is 6.92 Å². The summed E-state index contributed by atoms with van der Waals surface area (Å²) in [6.45, 7) is 2.54. The molecule has 0 saturated heterocycles. The number of benzene rings is 2. The van der Waals surface area contributed by atoms with E-state index >= 15 is 0 Å². The fourth-order valence-electron chi connectivity index (χ4n) is 2.01. The van der Waals surface area contributed by atoms with Gasteiger partial charge in [0.1, 0.15) is 5.82 Å². The molecule has 0 radical (unpaired) electrons. The molecule has 0 fully saturated rings.